The summed E-state index contributed by atoms with van der Waals surface area (Å²) in [6, 6.07) is -0.367. The summed E-state index contributed by atoms with van der Waals surface area (Å²) in [7, 11) is 1.72. The first-order valence-electron chi connectivity index (χ1n) is 9.60. The first-order chi connectivity index (χ1) is 12.1. The standard InChI is InChI=1S/C18H36F3N5/c1-14(2)26(15(3)4)9-7-8-23-17(22-6)25-12-10-24(11-13-25)16(5)18(19,20)21/h14-16H,7-13H2,1-6H3,(H,22,23). The molecule has 1 atom stereocenters. The second kappa shape index (κ2) is 10.3. The molecule has 5 nitrogen and oxygen atoms in total. The van der Waals surface area contributed by atoms with Crippen LogP contribution in [-0.2, 0) is 0 Å². The van der Waals surface area contributed by atoms with Crippen LogP contribution in [0, 0.1) is 0 Å². The Morgan fingerprint density at radius 1 is 1.04 bits per heavy atom. The van der Waals surface area contributed by atoms with Crippen LogP contribution in [0.4, 0.5) is 13.2 Å². The van der Waals surface area contributed by atoms with E-state index in [1.807, 2.05) is 4.90 Å². The van der Waals surface area contributed by atoms with E-state index in [1.165, 1.54) is 11.8 Å². The van der Waals surface area contributed by atoms with Crippen molar-refractivity contribution in [3.05, 3.63) is 0 Å². The molecule has 0 radical (unpaired) electrons. The van der Waals surface area contributed by atoms with Crippen LogP contribution >= 0.6 is 0 Å². The fourth-order valence-corrected chi connectivity index (χ4v) is 3.43. The van der Waals surface area contributed by atoms with E-state index in [2.05, 4.69) is 42.9 Å². The Hall–Kier alpha value is -1.02. The zero-order chi connectivity index (χ0) is 19.9. The Balaban J connectivity index is 2.40. The first kappa shape index (κ1) is 23.0. The molecule has 26 heavy (non-hydrogen) atoms. The van der Waals surface area contributed by atoms with Crippen LogP contribution in [-0.4, -0.2) is 91.3 Å². The number of piperazine rings is 1. The third kappa shape index (κ3) is 6.95. The smallest absolute Gasteiger partial charge is 0.356 e. The maximum Gasteiger partial charge on any atom is 0.403 e. The van der Waals surface area contributed by atoms with E-state index in [1.54, 1.807) is 7.05 Å². The lowest BCUT2D eigenvalue weighted by molar-refractivity contribution is -0.181. The summed E-state index contributed by atoms with van der Waals surface area (Å²) in [5.74, 6) is 0.782. The van der Waals surface area contributed by atoms with Gasteiger partial charge in [-0.05, 0) is 41.0 Å². The Morgan fingerprint density at radius 2 is 1.58 bits per heavy atom. The molecule has 1 saturated heterocycles. The summed E-state index contributed by atoms with van der Waals surface area (Å²) in [5.41, 5.74) is 0. The minimum atomic E-state index is -4.17. The van der Waals surface area contributed by atoms with Gasteiger partial charge in [-0.2, -0.15) is 13.2 Å². The summed E-state index contributed by atoms with van der Waals surface area (Å²) in [4.78, 5) is 10.3. The van der Waals surface area contributed by atoms with Crippen LogP contribution < -0.4 is 5.32 Å². The molecule has 0 bridgehead atoms. The van der Waals surface area contributed by atoms with E-state index >= 15 is 0 Å². The number of hydrogen-bond acceptors (Lipinski definition) is 3. The normalized spacial score (nSPS) is 18.9. The summed E-state index contributed by atoms with van der Waals surface area (Å²) in [5, 5.41) is 3.36. The lowest BCUT2D eigenvalue weighted by Crippen LogP contribution is -2.56. The molecule has 1 aliphatic rings. The van der Waals surface area contributed by atoms with Crippen molar-refractivity contribution in [3.63, 3.8) is 0 Å². The molecule has 1 N–H and O–H groups in total. The fourth-order valence-electron chi connectivity index (χ4n) is 3.43. The Labute approximate surface area is 156 Å². The van der Waals surface area contributed by atoms with Crippen molar-refractivity contribution in [1.29, 1.82) is 0 Å². The molecule has 0 saturated carbocycles. The number of aliphatic imine (C=N–C) groups is 1. The van der Waals surface area contributed by atoms with Crippen LogP contribution in [0.5, 0.6) is 0 Å². The number of halogens is 3. The Bertz CT molecular complexity index is 421. The number of guanidine groups is 1. The third-order valence-electron chi connectivity index (χ3n) is 5.05. The summed E-state index contributed by atoms with van der Waals surface area (Å²) < 4.78 is 38.5. The number of nitrogens with one attached hydrogen (secondary N) is 1. The van der Waals surface area contributed by atoms with Crippen molar-refractivity contribution in [1.82, 2.24) is 20.0 Å². The van der Waals surface area contributed by atoms with Gasteiger partial charge in [0.2, 0.25) is 0 Å². The van der Waals surface area contributed by atoms with Crippen LogP contribution in [0.2, 0.25) is 0 Å². The van der Waals surface area contributed by atoms with E-state index < -0.39 is 12.2 Å². The topological polar surface area (TPSA) is 34.1 Å². The molecule has 0 aromatic heterocycles. The summed E-state index contributed by atoms with van der Waals surface area (Å²) >= 11 is 0. The molecular formula is C18H36F3N5. The Kier molecular flexibility index (Phi) is 9.16. The van der Waals surface area contributed by atoms with Crippen LogP contribution in [0.3, 0.4) is 0 Å². The van der Waals surface area contributed by atoms with Gasteiger partial charge >= 0.3 is 6.18 Å². The molecule has 0 amide bonds. The van der Waals surface area contributed by atoms with Gasteiger partial charge in [-0.15, -0.1) is 0 Å². The van der Waals surface area contributed by atoms with Gasteiger partial charge < -0.3 is 10.2 Å². The van der Waals surface area contributed by atoms with Gasteiger partial charge in [0.05, 0.1) is 0 Å². The van der Waals surface area contributed by atoms with Gasteiger partial charge in [-0.25, -0.2) is 0 Å². The monoisotopic (exact) mass is 379 g/mol. The number of nitrogens with zero attached hydrogens (tertiary/aromatic N) is 4. The van der Waals surface area contributed by atoms with Crippen LogP contribution in [0.15, 0.2) is 4.99 Å². The first-order valence-corrected chi connectivity index (χ1v) is 9.60. The predicted molar refractivity (Wildman–Crippen MR) is 102 cm³/mol. The summed E-state index contributed by atoms with van der Waals surface area (Å²) in [6.45, 7) is 13.8. The van der Waals surface area contributed by atoms with Gasteiger partial charge in [0, 0.05) is 58.4 Å². The highest BCUT2D eigenvalue weighted by Crippen LogP contribution is 2.25. The average Bonchev–Trinajstić information content (AvgIpc) is 2.56. The van der Waals surface area contributed by atoms with Gasteiger partial charge in [-0.3, -0.25) is 14.8 Å². The van der Waals surface area contributed by atoms with Crippen molar-refractivity contribution >= 4 is 5.96 Å². The van der Waals surface area contributed by atoms with Gasteiger partial charge in [-0.1, -0.05) is 0 Å². The predicted octanol–water partition coefficient (Wildman–Crippen LogP) is 2.64. The highest BCUT2D eigenvalue weighted by Gasteiger charge is 2.41. The van der Waals surface area contributed by atoms with Crippen LogP contribution in [0.1, 0.15) is 41.0 Å². The van der Waals surface area contributed by atoms with Crippen molar-refractivity contribution in [3.8, 4) is 0 Å². The average molecular weight is 380 g/mol. The lowest BCUT2D eigenvalue weighted by Gasteiger charge is -2.39. The maximum atomic E-state index is 12.8. The second-order valence-electron chi connectivity index (χ2n) is 7.49. The van der Waals surface area contributed by atoms with Crippen LogP contribution in [0.25, 0.3) is 0 Å². The SMILES string of the molecule is CN=C(NCCCN(C(C)C)C(C)C)N1CCN(C(C)C(F)(F)F)CC1. The molecule has 1 unspecified atom stereocenters. The number of alkyl halides is 3. The molecule has 154 valence electrons. The largest absolute Gasteiger partial charge is 0.403 e. The molecule has 8 heteroatoms. The lowest BCUT2D eigenvalue weighted by atomic mass is 10.2. The van der Waals surface area contributed by atoms with E-state index in [4.69, 9.17) is 0 Å². The maximum absolute atomic E-state index is 12.8. The highest BCUT2D eigenvalue weighted by atomic mass is 19.4. The minimum absolute atomic E-state index is 0.399. The van der Waals surface area contributed by atoms with Crippen molar-refractivity contribution in [2.75, 3.05) is 46.3 Å². The zero-order valence-corrected chi connectivity index (χ0v) is 17.1. The quantitative estimate of drug-likeness (QED) is 0.419. The molecule has 0 spiro atoms. The number of rotatable bonds is 7. The minimum Gasteiger partial charge on any atom is -0.356 e. The van der Waals surface area contributed by atoms with Crippen molar-refractivity contribution < 1.29 is 13.2 Å². The number of hydrogen-bond donors (Lipinski definition) is 1. The van der Waals surface area contributed by atoms with E-state index in [0.29, 0.717) is 38.3 Å². The molecular weight excluding hydrogens is 343 g/mol. The highest BCUT2D eigenvalue weighted by molar-refractivity contribution is 5.79. The zero-order valence-electron chi connectivity index (χ0n) is 17.1. The molecule has 1 aliphatic heterocycles. The molecule has 0 aliphatic carbocycles. The fraction of sp³-hybridized carbons (Fsp3) is 0.944. The molecule has 1 fully saturated rings. The molecule has 0 aromatic carbocycles. The Morgan fingerprint density at radius 3 is 2.00 bits per heavy atom. The summed E-state index contributed by atoms with van der Waals surface area (Å²) in [6.07, 6.45) is -3.17. The van der Waals surface area contributed by atoms with Gasteiger partial charge in [0.15, 0.2) is 5.96 Å². The van der Waals surface area contributed by atoms with E-state index in [-0.39, 0.29) is 0 Å². The molecule has 1 heterocycles. The van der Waals surface area contributed by atoms with Gasteiger partial charge in [0.25, 0.3) is 0 Å². The van der Waals surface area contributed by atoms with Gasteiger partial charge in [0.1, 0.15) is 6.04 Å². The second-order valence-corrected chi connectivity index (χ2v) is 7.49. The van der Waals surface area contributed by atoms with E-state index in [0.717, 1.165) is 25.5 Å². The molecule has 1 rings (SSSR count). The third-order valence-corrected chi connectivity index (χ3v) is 5.05. The van der Waals surface area contributed by atoms with Crippen molar-refractivity contribution in [2.24, 2.45) is 4.99 Å². The molecule has 0 aromatic rings. The van der Waals surface area contributed by atoms with Crippen molar-refractivity contribution in [2.45, 2.75) is 65.3 Å². The van der Waals surface area contributed by atoms with E-state index in [9.17, 15) is 13.2 Å².